The van der Waals surface area contributed by atoms with Crippen LogP contribution >= 0.6 is 0 Å². The first-order valence-corrected chi connectivity index (χ1v) is 5.91. The lowest BCUT2D eigenvalue weighted by atomic mass is 10.1. The van der Waals surface area contributed by atoms with Crippen LogP contribution in [0.2, 0.25) is 0 Å². The molecule has 1 aromatic heterocycles. The molecule has 16 heavy (non-hydrogen) atoms. The van der Waals surface area contributed by atoms with Gasteiger partial charge in [0.2, 0.25) is 5.95 Å². The van der Waals surface area contributed by atoms with E-state index in [0.717, 1.165) is 37.8 Å². The molecule has 1 heterocycles. The van der Waals surface area contributed by atoms with Crippen molar-refractivity contribution in [1.82, 2.24) is 9.55 Å². The molecule has 1 N–H and O–H groups in total. The molecule has 0 atom stereocenters. The molecule has 0 saturated carbocycles. The minimum absolute atomic E-state index is 0.713. The van der Waals surface area contributed by atoms with Gasteiger partial charge >= 0.3 is 0 Å². The molecule has 0 radical (unpaired) electrons. The van der Waals surface area contributed by atoms with Crippen LogP contribution in [-0.2, 0) is 11.8 Å². The van der Waals surface area contributed by atoms with Gasteiger partial charge in [0.25, 0.3) is 0 Å². The monoisotopic (exact) mass is 225 g/mol. The van der Waals surface area contributed by atoms with Crippen molar-refractivity contribution in [2.45, 2.75) is 27.2 Å². The Hall–Kier alpha value is -1.03. The number of rotatable bonds is 7. The molecule has 92 valence electrons. The highest BCUT2D eigenvalue weighted by Gasteiger charge is 2.00. The van der Waals surface area contributed by atoms with Crippen LogP contribution in [0, 0.1) is 12.8 Å². The fraction of sp³-hybridized carbons (Fsp3) is 0.750. The third-order valence-electron chi connectivity index (χ3n) is 2.37. The molecule has 1 aromatic rings. The second kappa shape index (κ2) is 6.53. The predicted molar refractivity (Wildman–Crippen MR) is 66.7 cm³/mol. The summed E-state index contributed by atoms with van der Waals surface area (Å²) in [6, 6.07) is 0. The van der Waals surface area contributed by atoms with Gasteiger partial charge in [-0.3, -0.25) is 0 Å². The van der Waals surface area contributed by atoms with Gasteiger partial charge in [-0.05, 0) is 19.3 Å². The van der Waals surface area contributed by atoms with E-state index in [1.54, 1.807) is 0 Å². The number of aryl methyl sites for hydroxylation is 2. The third-order valence-corrected chi connectivity index (χ3v) is 2.37. The van der Waals surface area contributed by atoms with Crippen molar-refractivity contribution >= 4 is 5.95 Å². The van der Waals surface area contributed by atoms with Crippen molar-refractivity contribution in [2.24, 2.45) is 13.0 Å². The number of anilines is 1. The third kappa shape index (κ3) is 4.66. The molecule has 0 unspecified atom stereocenters. The first-order valence-electron chi connectivity index (χ1n) is 5.91. The number of imidazole rings is 1. The molecule has 4 heteroatoms. The van der Waals surface area contributed by atoms with Crippen LogP contribution in [0.3, 0.4) is 0 Å². The van der Waals surface area contributed by atoms with E-state index in [2.05, 4.69) is 24.1 Å². The highest BCUT2D eigenvalue weighted by molar-refractivity contribution is 5.27. The second-order valence-corrected chi connectivity index (χ2v) is 4.54. The molecule has 0 fully saturated rings. The van der Waals surface area contributed by atoms with Crippen LogP contribution in [0.4, 0.5) is 5.95 Å². The Morgan fingerprint density at radius 2 is 2.19 bits per heavy atom. The smallest absolute Gasteiger partial charge is 0.202 e. The predicted octanol–water partition coefficient (Wildman–Crippen LogP) is 2.20. The van der Waals surface area contributed by atoms with Crippen molar-refractivity contribution in [1.29, 1.82) is 0 Å². The second-order valence-electron chi connectivity index (χ2n) is 4.54. The lowest BCUT2D eigenvalue weighted by Crippen LogP contribution is -2.13. The van der Waals surface area contributed by atoms with Crippen LogP contribution in [-0.4, -0.2) is 29.3 Å². The van der Waals surface area contributed by atoms with Crippen LogP contribution in [0.5, 0.6) is 0 Å². The Labute approximate surface area is 98.0 Å². The van der Waals surface area contributed by atoms with E-state index in [1.165, 1.54) is 0 Å². The largest absolute Gasteiger partial charge is 0.380 e. The highest BCUT2D eigenvalue weighted by Crippen LogP contribution is 2.04. The van der Waals surface area contributed by atoms with Crippen LogP contribution in [0.1, 0.15) is 26.0 Å². The number of hydrogen-bond acceptors (Lipinski definition) is 3. The minimum atomic E-state index is 0.713. The molecule has 0 amide bonds. The Balaban J connectivity index is 2.09. The normalized spacial score (nSPS) is 11.1. The quantitative estimate of drug-likeness (QED) is 0.723. The van der Waals surface area contributed by atoms with E-state index >= 15 is 0 Å². The Bertz CT molecular complexity index is 307. The lowest BCUT2D eigenvalue weighted by Gasteiger charge is -2.08. The van der Waals surface area contributed by atoms with E-state index in [9.17, 15) is 0 Å². The molecule has 0 bridgehead atoms. The summed E-state index contributed by atoms with van der Waals surface area (Å²) < 4.78 is 7.50. The van der Waals surface area contributed by atoms with Gasteiger partial charge in [0, 0.05) is 26.4 Å². The van der Waals surface area contributed by atoms with Crippen molar-refractivity contribution in [3.8, 4) is 0 Å². The standard InChI is InChI=1S/C12H23N3O/c1-10(2)5-7-16-8-6-13-12-14-11(3)9-15(12)4/h9-10H,5-8H2,1-4H3,(H,13,14). The average molecular weight is 225 g/mol. The van der Waals surface area contributed by atoms with Crippen LogP contribution in [0.15, 0.2) is 6.20 Å². The summed E-state index contributed by atoms with van der Waals surface area (Å²) in [5.41, 5.74) is 1.03. The lowest BCUT2D eigenvalue weighted by molar-refractivity contribution is 0.132. The van der Waals surface area contributed by atoms with Crippen LogP contribution < -0.4 is 5.32 Å². The number of nitrogens with one attached hydrogen (secondary N) is 1. The van der Waals surface area contributed by atoms with Gasteiger partial charge in [-0.1, -0.05) is 13.8 Å². The molecular weight excluding hydrogens is 202 g/mol. The average Bonchev–Trinajstić information content (AvgIpc) is 2.50. The summed E-state index contributed by atoms with van der Waals surface area (Å²) in [7, 11) is 1.99. The maximum Gasteiger partial charge on any atom is 0.202 e. The Morgan fingerprint density at radius 1 is 1.44 bits per heavy atom. The summed E-state index contributed by atoms with van der Waals surface area (Å²) in [4.78, 5) is 4.35. The SMILES string of the molecule is Cc1cn(C)c(NCCOCCC(C)C)n1. The summed E-state index contributed by atoms with van der Waals surface area (Å²) in [6.45, 7) is 8.79. The van der Waals surface area contributed by atoms with Gasteiger partial charge in [0.05, 0.1) is 12.3 Å². The van der Waals surface area contributed by atoms with Gasteiger partial charge in [-0.25, -0.2) is 4.98 Å². The summed E-state index contributed by atoms with van der Waals surface area (Å²) >= 11 is 0. The van der Waals surface area contributed by atoms with E-state index < -0.39 is 0 Å². The van der Waals surface area contributed by atoms with Gasteiger partial charge in [-0.15, -0.1) is 0 Å². The maximum atomic E-state index is 5.51. The number of ether oxygens (including phenoxy) is 1. The van der Waals surface area contributed by atoms with Gasteiger partial charge < -0.3 is 14.6 Å². The number of nitrogens with zero attached hydrogens (tertiary/aromatic N) is 2. The molecule has 4 nitrogen and oxygen atoms in total. The highest BCUT2D eigenvalue weighted by atomic mass is 16.5. The van der Waals surface area contributed by atoms with Gasteiger partial charge in [-0.2, -0.15) is 0 Å². The molecule has 0 spiro atoms. The molecular formula is C12H23N3O. The number of aromatic nitrogens is 2. The van der Waals surface area contributed by atoms with E-state index in [1.807, 2.05) is 24.7 Å². The fourth-order valence-corrected chi connectivity index (χ4v) is 1.44. The maximum absolute atomic E-state index is 5.51. The van der Waals surface area contributed by atoms with Crippen molar-refractivity contribution in [3.05, 3.63) is 11.9 Å². The first kappa shape index (κ1) is 13.0. The molecule has 0 aliphatic rings. The topological polar surface area (TPSA) is 39.1 Å². The minimum Gasteiger partial charge on any atom is -0.380 e. The molecule has 1 rings (SSSR count). The molecule has 0 saturated heterocycles. The zero-order chi connectivity index (χ0) is 12.0. The van der Waals surface area contributed by atoms with Crippen molar-refractivity contribution < 1.29 is 4.74 Å². The first-order chi connectivity index (χ1) is 7.59. The van der Waals surface area contributed by atoms with Gasteiger partial charge in [0.15, 0.2) is 0 Å². The fourth-order valence-electron chi connectivity index (χ4n) is 1.44. The van der Waals surface area contributed by atoms with E-state index in [-0.39, 0.29) is 0 Å². The van der Waals surface area contributed by atoms with Crippen molar-refractivity contribution in [2.75, 3.05) is 25.1 Å². The number of hydrogen-bond donors (Lipinski definition) is 1. The zero-order valence-corrected chi connectivity index (χ0v) is 10.8. The molecule has 0 aliphatic heterocycles. The molecule has 0 aliphatic carbocycles. The Morgan fingerprint density at radius 3 is 2.75 bits per heavy atom. The van der Waals surface area contributed by atoms with E-state index in [0.29, 0.717) is 5.92 Å². The summed E-state index contributed by atoms with van der Waals surface area (Å²) in [5.74, 6) is 1.62. The van der Waals surface area contributed by atoms with E-state index in [4.69, 9.17) is 4.74 Å². The van der Waals surface area contributed by atoms with Crippen molar-refractivity contribution in [3.63, 3.8) is 0 Å². The summed E-state index contributed by atoms with van der Waals surface area (Å²) in [5, 5.41) is 3.25. The Kier molecular flexibility index (Phi) is 5.32. The van der Waals surface area contributed by atoms with Crippen LogP contribution in [0.25, 0.3) is 0 Å². The van der Waals surface area contributed by atoms with Gasteiger partial charge in [0.1, 0.15) is 0 Å². The molecule has 0 aromatic carbocycles. The summed E-state index contributed by atoms with van der Waals surface area (Å²) in [6.07, 6.45) is 3.13. The zero-order valence-electron chi connectivity index (χ0n) is 10.8.